The van der Waals surface area contributed by atoms with Crippen molar-refractivity contribution in [2.24, 2.45) is 0 Å². The molecule has 2 aromatic heterocycles. The largest absolute Gasteiger partial charge is 0.462 e. The summed E-state index contributed by atoms with van der Waals surface area (Å²) in [5.41, 5.74) is 1.09. The second kappa shape index (κ2) is 7.04. The Morgan fingerprint density at radius 2 is 2.08 bits per heavy atom. The van der Waals surface area contributed by atoms with Crippen molar-refractivity contribution in [3.63, 3.8) is 0 Å². The zero-order valence-corrected chi connectivity index (χ0v) is 14.4. The summed E-state index contributed by atoms with van der Waals surface area (Å²) in [4.78, 5) is 21.2. The van der Waals surface area contributed by atoms with Gasteiger partial charge in [-0.25, -0.2) is 4.98 Å². The number of thiazole rings is 1. The fourth-order valence-electron chi connectivity index (χ4n) is 2.93. The Bertz CT molecular complexity index is 673. The van der Waals surface area contributed by atoms with Crippen LogP contribution in [0.15, 0.2) is 28.2 Å². The van der Waals surface area contributed by atoms with Crippen molar-refractivity contribution < 1.29 is 9.21 Å². The molecule has 0 radical (unpaired) electrons. The third-order valence-corrected chi connectivity index (χ3v) is 5.35. The molecule has 2 fully saturated rings. The van der Waals surface area contributed by atoms with E-state index in [2.05, 4.69) is 25.5 Å². The zero-order valence-electron chi connectivity index (χ0n) is 13.6. The van der Waals surface area contributed by atoms with E-state index in [0.717, 1.165) is 62.0 Å². The van der Waals surface area contributed by atoms with E-state index in [0.29, 0.717) is 12.6 Å². The Balaban J connectivity index is 1.23. The zero-order chi connectivity index (χ0) is 16.4. The maximum absolute atomic E-state index is 11.9. The van der Waals surface area contributed by atoms with E-state index in [9.17, 15) is 4.79 Å². The quantitative estimate of drug-likeness (QED) is 0.864. The van der Waals surface area contributed by atoms with Gasteiger partial charge in [0.2, 0.25) is 5.91 Å². The van der Waals surface area contributed by atoms with Gasteiger partial charge < -0.3 is 9.73 Å². The fraction of sp³-hybridized carbons (Fsp3) is 0.529. The van der Waals surface area contributed by atoms with Gasteiger partial charge in [-0.15, -0.1) is 11.3 Å². The van der Waals surface area contributed by atoms with Crippen LogP contribution in [-0.2, 0) is 11.3 Å². The molecule has 1 saturated heterocycles. The summed E-state index contributed by atoms with van der Waals surface area (Å²) in [6.45, 7) is 5.22. The molecule has 2 aromatic rings. The molecule has 0 aromatic carbocycles. The van der Waals surface area contributed by atoms with Crippen LogP contribution < -0.4 is 5.32 Å². The average Bonchev–Trinajstić information content (AvgIpc) is 3.04. The maximum atomic E-state index is 11.9. The van der Waals surface area contributed by atoms with Crippen LogP contribution in [0.2, 0.25) is 0 Å². The lowest BCUT2D eigenvalue weighted by molar-refractivity contribution is -0.122. The van der Waals surface area contributed by atoms with Crippen molar-refractivity contribution in [1.29, 1.82) is 0 Å². The number of hydrogen-bond donors (Lipinski definition) is 1. The molecule has 3 heterocycles. The fourth-order valence-corrected chi connectivity index (χ4v) is 3.71. The predicted molar refractivity (Wildman–Crippen MR) is 92.7 cm³/mol. The third kappa shape index (κ3) is 4.03. The molecule has 1 N–H and O–H groups in total. The van der Waals surface area contributed by atoms with Gasteiger partial charge in [0.05, 0.1) is 18.5 Å². The Kier molecular flexibility index (Phi) is 4.64. The molecule has 7 heteroatoms. The first-order valence-electron chi connectivity index (χ1n) is 8.48. The molecule has 2 aliphatic rings. The van der Waals surface area contributed by atoms with Crippen LogP contribution in [0.25, 0.3) is 10.8 Å². The summed E-state index contributed by atoms with van der Waals surface area (Å²) in [5, 5.41) is 6.10. The third-order valence-electron chi connectivity index (χ3n) is 4.44. The Morgan fingerprint density at radius 1 is 1.29 bits per heavy atom. The molecule has 4 rings (SSSR count). The number of amides is 1. The number of aromatic nitrogens is 1. The minimum absolute atomic E-state index is 0.175. The van der Waals surface area contributed by atoms with E-state index >= 15 is 0 Å². The van der Waals surface area contributed by atoms with Gasteiger partial charge in [0.25, 0.3) is 0 Å². The molecule has 1 amide bonds. The first kappa shape index (κ1) is 15.8. The highest BCUT2D eigenvalue weighted by atomic mass is 32.1. The van der Waals surface area contributed by atoms with Gasteiger partial charge in [-0.05, 0) is 25.0 Å². The van der Waals surface area contributed by atoms with Crippen molar-refractivity contribution in [1.82, 2.24) is 20.1 Å². The molecule has 0 unspecified atom stereocenters. The molecule has 0 spiro atoms. The highest BCUT2D eigenvalue weighted by Crippen LogP contribution is 2.24. The highest BCUT2D eigenvalue weighted by Gasteiger charge is 2.25. The lowest BCUT2D eigenvalue weighted by Gasteiger charge is -2.33. The van der Waals surface area contributed by atoms with E-state index in [1.165, 1.54) is 0 Å². The van der Waals surface area contributed by atoms with Gasteiger partial charge in [0.15, 0.2) is 10.8 Å². The second-order valence-corrected chi connectivity index (χ2v) is 7.37. The maximum Gasteiger partial charge on any atom is 0.234 e. The topological polar surface area (TPSA) is 61.6 Å². The van der Waals surface area contributed by atoms with Crippen LogP contribution in [0.5, 0.6) is 0 Å². The molecule has 1 saturated carbocycles. The van der Waals surface area contributed by atoms with Gasteiger partial charge >= 0.3 is 0 Å². The van der Waals surface area contributed by atoms with E-state index in [1.54, 1.807) is 17.6 Å². The Morgan fingerprint density at radius 3 is 2.79 bits per heavy atom. The summed E-state index contributed by atoms with van der Waals surface area (Å²) in [6, 6.07) is 4.27. The highest BCUT2D eigenvalue weighted by molar-refractivity contribution is 7.13. The molecule has 0 atom stereocenters. The Labute approximate surface area is 145 Å². The second-order valence-electron chi connectivity index (χ2n) is 6.52. The van der Waals surface area contributed by atoms with Crippen molar-refractivity contribution in [3.8, 4) is 10.8 Å². The standard InChI is InChI=1S/C17H22N4O2S/c22-16(18-13-3-4-13)11-21-7-5-20(6-8-21)10-14-12-24-17(19-14)15-2-1-9-23-15/h1-2,9,12-13H,3-8,10-11H2,(H,18,22). The number of carbonyl (C=O) groups is 1. The molecule has 1 aliphatic heterocycles. The van der Waals surface area contributed by atoms with E-state index in [4.69, 9.17) is 4.42 Å². The number of rotatable bonds is 6. The lowest BCUT2D eigenvalue weighted by atomic mass is 10.3. The van der Waals surface area contributed by atoms with Gasteiger partial charge in [0.1, 0.15) is 0 Å². The minimum atomic E-state index is 0.175. The summed E-state index contributed by atoms with van der Waals surface area (Å²) < 4.78 is 5.40. The Hall–Kier alpha value is -1.70. The van der Waals surface area contributed by atoms with Crippen LogP contribution >= 0.6 is 11.3 Å². The summed E-state index contributed by atoms with van der Waals surface area (Å²) in [7, 11) is 0. The lowest BCUT2D eigenvalue weighted by Crippen LogP contribution is -2.49. The van der Waals surface area contributed by atoms with Gasteiger partial charge in [-0.3, -0.25) is 14.6 Å². The van der Waals surface area contributed by atoms with E-state index < -0.39 is 0 Å². The van der Waals surface area contributed by atoms with E-state index in [-0.39, 0.29) is 5.91 Å². The normalized spacial score (nSPS) is 19.5. The molecule has 24 heavy (non-hydrogen) atoms. The predicted octanol–water partition coefficient (Wildman–Crippen LogP) is 1.80. The minimum Gasteiger partial charge on any atom is -0.462 e. The van der Waals surface area contributed by atoms with Crippen LogP contribution in [0.1, 0.15) is 18.5 Å². The van der Waals surface area contributed by atoms with Crippen molar-refractivity contribution in [2.75, 3.05) is 32.7 Å². The van der Waals surface area contributed by atoms with Crippen molar-refractivity contribution in [3.05, 3.63) is 29.5 Å². The molecule has 128 valence electrons. The first-order valence-corrected chi connectivity index (χ1v) is 9.36. The molecule has 1 aliphatic carbocycles. The van der Waals surface area contributed by atoms with E-state index in [1.807, 2.05) is 12.1 Å². The van der Waals surface area contributed by atoms with Gasteiger partial charge in [0, 0.05) is 44.1 Å². The summed E-state index contributed by atoms with van der Waals surface area (Å²) >= 11 is 1.62. The molecule has 6 nitrogen and oxygen atoms in total. The van der Waals surface area contributed by atoms with Crippen LogP contribution in [0.4, 0.5) is 0 Å². The number of nitrogens with zero attached hydrogens (tertiary/aromatic N) is 3. The van der Waals surface area contributed by atoms with Gasteiger partial charge in [-0.1, -0.05) is 0 Å². The van der Waals surface area contributed by atoms with Crippen LogP contribution in [0, 0.1) is 0 Å². The number of nitrogens with one attached hydrogen (secondary N) is 1. The number of hydrogen-bond acceptors (Lipinski definition) is 6. The average molecular weight is 346 g/mol. The summed E-state index contributed by atoms with van der Waals surface area (Å²) in [5.74, 6) is 1.01. The monoisotopic (exact) mass is 346 g/mol. The number of carbonyl (C=O) groups excluding carboxylic acids is 1. The smallest absolute Gasteiger partial charge is 0.234 e. The SMILES string of the molecule is O=C(CN1CCN(Cc2csc(-c3ccco3)n2)CC1)NC1CC1. The molecular weight excluding hydrogens is 324 g/mol. The number of piperazine rings is 1. The first-order chi connectivity index (χ1) is 11.8. The molecular formula is C17H22N4O2S. The van der Waals surface area contributed by atoms with Crippen LogP contribution in [-0.4, -0.2) is 59.5 Å². The van der Waals surface area contributed by atoms with Crippen molar-refractivity contribution >= 4 is 17.2 Å². The number of furan rings is 1. The van der Waals surface area contributed by atoms with Crippen molar-refractivity contribution in [2.45, 2.75) is 25.4 Å². The van der Waals surface area contributed by atoms with Gasteiger partial charge in [-0.2, -0.15) is 0 Å². The molecule has 0 bridgehead atoms. The van der Waals surface area contributed by atoms with Crippen LogP contribution in [0.3, 0.4) is 0 Å². The summed E-state index contributed by atoms with van der Waals surface area (Å²) in [6.07, 6.45) is 3.97.